The fraction of sp³-hybridized carbons (Fsp3) is 0.364. The smallest absolute Gasteiger partial charge is 0.407 e. The van der Waals surface area contributed by atoms with Crippen LogP contribution in [0.5, 0.6) is 0 Å². The number of rotatable bonds is 6. The number of nitrogens with one attached hydrogen (secondary N) is 1. The molecule has 88 valence electrons. The highest BCUT2D eigenvalue weighted by atomic mass is 32.1. The van der Waals surface area contributed by atoms with Crippen molar-refractivity contribution in [3.63, 3.8) is 0 Å². The second-order valence-corrected chi connectivity index (χ2v) is 4.04. The van der Waals surface area contributed by atoms with E-state index in [1.54, 1.807) is 11.3 Å². The van der Waals surface area contributed by atoms with Crippen molar-refractivity contribution in [2.24, 2.45) is 5.73 Å². The zero-order valence-corrected chi connectivity index (χ0v) is 9.83. The minimum absolute atomic E-state index is 0.141. The summed E-state index contributed by atoms with van der Waals surface area (Å²) in [6.07, 6.45) is 1.09. The molecule has 0 saturated heterocycles. The van der Waals surface area contributed by atoms with Crippen molar-refractivity contribution in [1.29, 1.82) is 0 Å². The van der Waals surface area contributed by atoms with E-state index in [1.807, 2.05) is 16.8 Å². The van der Waals surface area contributed by atoms with E-state index in [0.717, 1.165) is 5.56 Å². The lowest BCUT2D eigenvalue weighted by Gasteiger charge is -2.14. The van der Waals surface area contributed by atoms with Gasteiger partial charge in [-0.25, -0.2) is 4.79 Å². The first-order valence-electron chi connectivity index (χ1n) is 5.01. The van der Waals surface area contributed by atoms with Gasteiger partial charge in [0, 0.05) is 19.0 Å². The summed E-state index contributed by atoms with van der Waals surface area (Å²) in [5.41, 5.74) is 6.80. The largest absolute Gasteiger partial charge is 0.445 e. The van der Waals surface area contributed by atoms with Gasteiger partial charge in [0.15, 0.2) is 0 Å². The summed E-state index contributed by atoms with van der Waals surface area (Å²) in [4.78, 5) is 11.2. The van der Waals surface area contributed by atoms with Crippen LogP contribution in [0.2, 0.25) is 0 Å². The zero-order valence-electron chi connectivity index (χ0n) is 9.02. The van der Waals surface area contributed by atoms with Gasteiger partial charge in [-0.2, -0.15) is 11.3 Å². The second kappa shape index (κ2) is 7.03. The number of thiophene rings is 1. The molecule has 1 heterocycles. The number of carbonyl (C=O) groups excluding carboxylic acids is 1. The van der Waals surface area contributed by atoms with Crippen LogP contribution >= 0.6 is 11.3 Å². The molecule has 0 aliphatic rings. The quantitative estimate of drug-likeness (QED) is 0.744. The fourth-order valence-corrected chi connectivity index (χ4v) is 1.98. The Morgan fingerprint density at radius 1 is 1.75 bits per heavy atom. The highest BCUT2D eigenvalue weighted by molar-refractivity contribution is 7.07. The van der Waals surface area contributed by atoms with E-state index >= 15 is 0 Å². The molecular weight excluding hydrogens is 224 g/mol. The first-order valence-corrected chi connectivity index (χ1v) is 5.96. The summed E-state index contributed by atoms with van der Waals surface area (Å²) in [5.74, 6) is 0.141. The SMILES string of the molecule is C=CCOC(=O)NC[C@@H](CN)c1ccsc1. The van der Waals surface area contributed by atoms with E-state index in [9.17, 15) is 4.79 Å². The predicted molar refractivity (Wildman–Crippen MR) is 65.7 cm³/mol. The molecule has 0 fully saturated rings. The molecule has 0 aliphatic carbocycles. The molecule has 1 amide bonds. The highest BCUT2D eigenvalue weighted by Crippen LogP contribution is 2.16. The lowest BCUT2D eigenvalue weighted by molar-refractivity contribution is 0.157. The molecule has 16 heavy (non-hydrogen) atoms. The molecule has 0 saturated carbocycles. The molecule has 0 radical (unpaired) electrons. The van der Waals surface area contributed by atoms with Gasteiger partial charge in [-0.15, -0.1) is 0 Å². The minimum Gasteiger partial charge on any atom is -0.445 e. The number of amides is 1. The minimum atomic E-state index is -0.437. The Hall–Kier alpha value is -1.33. The van der Waals surface area contributed by atoms with Gasteiger partial charge >= 0.3 is 6.09 Å². The van der Waals surface area contributed by atoms with Crippen molar-refractivity contribution in [3.05, 3.63) is 35.0 Å². The monoisotopic (exact) mass is 240 g/mol. The normalized spacial score (nSPS) is 11.8. The van der Waals surface area contributed by atoms with Gasteiger partial charge in [-0.05, 0) is 22.4 Å². The summed E-state index contributed by atoms with van der Waals surface area (Å²) in [5, 5.41) is 6.70. The first kappa shape index (κ1) is 12.7. The number of alkyl carbamates (subject to hydrolysis) is 1. The zero-order chi connectivity index (χ0) is 11.8. The highest BCUT2D eigenvalue weighted by Gasteiger charge is 2.11. The van der Waals surface area contributed by atoms with Crippen molar-refractivity contribution >= 4 is 17.4 Å². The predicted octanol–water partition coefficient (Wildman–Crippen LogP) is 1.70. The van der Waals surface area contributed by atoms with Gasteiger partial charge in [0.2, 0.25) is 0 Å². The van der Waals surface area contributed by atoms with E-state index in [2.05, 4.69) is 11.9 Å². The fourth-order valence-electron chi connectivity index (χ4n) is 1.24. The Labute approximate surface area is 99.1 Å². The maximum Gasteiger partial charge on any atom is 0.407 e. The average Bonchev–Trinajstić information content (AvgIpc) is 2.81. The van der Waals surface area contributed by atoms with E-state index in [4.69, 9.17) is 10.5 Å². The van der Waals surface area contributed by atoms with E-state index in [0.29, 0.717) is 13.1 Å². The Balaban J connectivity index is 2.34. The van der Waals surface area contributed by atoms with Crippen LogP contribution in [0.1, 0.15) is 11.5 Å². The summed E-state index contributed by atoms with van der Waals surface area (Å²) in [6, 6.07) is 2.01. The van der Waals surface area contributed by atoms with Crippen LogP contribution in [0.4, 0.5) is 4.79 Å². The second-order valence-electron chi connectivity index (χ2n) is 3.26. The van der Waals surface area contributed by atoms with Gasteiger partial charge in [0.25, 0.3) is 0 Å². The Morgan fingerprint density at radius 2 is 2.56 bits per heavy atom. The van der Waals surface area contributed by atoms with Gasteiger partial charge < -0.3 is 15.8 Å². The third kappa shape index (κ3) is 4.04. The van der Waals surface area contributed by atoms with Crippen LogP contribution in [0.15, 0.2) is 29.5 Å². The van der Waals surface area contributed by atoms with E-state index in [1.165, 1.54) is 6.08 Å². The molecule has 0 spiro atoms. The van der Waals surface area contributed by atoms with Crippen LogP contribution in [0, 0.1) is 0 Å². The van der Waals surface area contributed by atoms with Crippen LogP contribution in [-0.2, 0) is 4.74 Å². The lowest BCUT2D eigenvalue weighted by Crippen LogP contribution is -2.31. The number of carbonyl (C=O) groups is 1. The topological polar surface area (TPSA) is 64.3 Å². The maximum absolute atomic E-state index is 11.2. The molecule has 1 aromatic heterocycles. The van der Waals surface area contributed by atoms with Crippen molar-refractivity contribution in [2.45, 2.75) is 5.92 Å². The van der Waals surface area contributed by atoms with E-state index in [-0.39, 0.29) is 12.5 Å². The first-order chi connectivity index (χ1) is 7.77. The molecule has 5 heteroatoms. The summed E-state index contributed by atoms with van der Waals surface area (Å²) in [6.45, 7) is 4.67. The molecular formula is C11H16N2O2S. The van der Waals surface area contributed by atoms with E-state index < -0.39 is 6.09 Å². The maximum atomic E-state index is 11.2. The summed E-state index contributed by atoms with van der Waals surface area (Å²) >= 11 is 1.62. The number of hydrogen-bond acceptors (Lipinski definition) is 4. The molecule has 3 N–H and O–H groups in total. The molecule has 0 aliphatic heterocycles. The molecule has 1 aromatic rings. The van der Waals surface area contributed by atoms with Gasteiger partial charge in [0.1, 0.15) is 6.61 Å². The van der Waals surface area contributed by atoms with Crippen molar-refractivity contribution in [1.82, 2.24) is 5.32 Å². The lowest BCUT2D eigenvalue weighted by atomic mass is 10.0. The standard InChI is InChI=1S/C11H16N2O2S/c1-2-4-15-11(14)13-7-10(6-12)9-3-5-16-8-9/h2-3,5,8,10H,1,4,6-7,12H2,(H,13,14)/t10-/m1/s1. The number of nitrogens with two attached hydrogens (primary N) is 1. The summed E-state index contributed by atoms with van der Waals surface area (Å²) in [7, 11) is 0. The Morgan fingerprint density at radius 3 is 3.12 bits per heavy atom. The van der Waals surface area contributed by atoms with Crippen LogP contribution < -0.4 is 11.1 Å². The van der Waals surface area contributed by atoms with Crippen molar-refractivity contribution in [3.8, 4) is 0 Å². The Bertz CT molecular complexity index is 325. The van der Waals surface area contributed by atoms with Crippen molar-refractivity contribution < 1.29 is 9.53 Å². The molecule has 0 unspecified atom stereocenters. The van der Waals surface area contributed by atoms with Crippen LogP contribution in [0.3, 0.4) is 0 Å². The molecule has 1 atom stereocenters. The third-order valence-corrected chi connectivity index (χ3v) is 2.83. The molecule has 0 aromatic carbocycles. The Kier molecular flexibility index (Phi) is 5.60. The van der Waals surface area contributed by atoms with Crippen molar-refractivity contribution in [2.75, 3.05) is 19.7 Å². The van der Waals surface area contributed by atoms with Crippen LogP contribution in [-0.4, -0.2) is 25.8 Å². The van der Waals surface area contributed by atoms with Gasteiger partial charge in [-0.1, -0.05) is 12.7 Å². The van der Waals surface area contributed by atoms with Crippen LogP contribution in [0.25, 0.3) is 0 Å². The third-order valence-electron chi connectivity index (χ3n) is 2.12. The molecule has 1 rings (SSSR count). The molecule has 4 nitrogen and oxygen atoms in total. The van der Waals surface area contributed by atoms with Gasteiger partial charge in [-0.3, -0.25) is 0 Å². The van der Waals surface area contributed by atoms with Gasteiger partial charge in [0.05, 0.1) is 0 Å². The molecule has 0 bridgehead atoms. The summed E-state index contributed by atoms with van der Waals surface area (Å²) < 4.78 is 4.80. The average molecular weight is 240 g/mol. The number of hydrogen-bond donors (Lipinski definition) is 2. The number of ether oxygens (including phenoxy) is 1.